The molecule has 1 amide bonds. The molecule has 0 bridgehead atoms. The van der Waals surface area contributed by atoms with Gasteiger partial charge in [-0.25, -0.2) is 4.98 Å². The second kappa shape index (κ2) is 6.16. The molecule has 21 heavy (non-hydrogen) atoms. The number of nitrogens with zero attached hydrogens (tertiary/aromatic N) is 2. The third-order valence-electron chi connectivity index (χ3n) is 3.34. The van der Waals surface area contributed by atoms with Crippen molar-refractivity contribution in [1.29, 1.82) is 0 Å². The predicted molar refractivity (Wildman–Crippen MR) is 79.8 cm³/mol. The molecule has 0 fully saturated rings. The van der Waals surface area contributed by atoms with Gasteiger partial charge in [-0.3, -0.25) is 4.79 Å². The first kappa shape index (κ1) is 15.4. The Labute approximate surface area is 125 Å². The Morgan fingerprint density at radius 1 is 1.29 bits per heavy atom. The topological polar surface area (TPSA) is 59.5 Å². The van der Waals surface area contributed by atoms with Gasteiger partial charge in [-0.2, -0.15) is 0 Å². The average Bonchev–Trinajstić information content (AvgIpc) is 2.98. The van der Waals surface area contributed by atoms with Crippen LogP contribution in [0.3, 0.4) is 0 Å². The van der Waals surface area contributed by atoms with Crippen LogP contribution in [0.5, 0.6) is 0 Å². The van der Waals surface area contributed by atoms with Gasteiger partial charge >= 0.3 is 0 Å². The molecule has 114 valence electrons. The Kier molecular flexibility index (Phi) is 4.50. The van der Waals surface area contributed by atoms with Crippen molar-refractivity contribution in [2.75, 3.05) is 0 Å². The first-order valence-electron chi connectivity index (χ1n) is 7.21. The zero-order valence-corrected chi connectivity index (χ0v) is 13.2. The normalized spacial score (nSPS) is 11.4. The number of amides is 1. The number of aryl methyl sites for hydroxylation is 1. The van der Waals surface area contributed by atoms with Crippen LogP contribution in [0.25, 0.3) is 11.7 Å². The summed E-state index contributed by atoms with van der Waals surface area (Å²) in [4.78, 5) is 18.7. The summed E-state index contributed by atoms with van der Waals surface area (Å²) in [6.07, 6.45) is 1.81. The molecule has 2 aromatic rings. The summed E-state index contributed by atoms with van der Waals surface area (Å²) < 4.78 is 10.9. The van der Waals surface area contributed by atoms with Crippen LogP contribution in [-0.4, -0.2) is 27.9 Å². The SMILES string of the molecule is Cc1oc(-c2ccco2)nc1CC(=O)N(C(C)C)C(C)C. The number of furan rings is 1. The van der Waals surface area contributed by atoms with E-state index in [1.807, 2.05) is 39.5 Å². The lowest BCUT2D eigenvalue weighted by Crippen LogP contribution is -2.43. The van der Waals surface area contributed by atoms with E-state index in [1.54, 1.807) is 18.4 Å². The number of hydrogen-bond donors (Lipinski definition) is 0. The average molecular weight is 290 g/mol. The van der Waals surface area contributed by atoms with Crippen molar-refractivity contribution < 1.29 is 13.6 Å². The molecule has 0 aromatic carbocycles. The van der Waals surface area contributed by atoms with Crippen LogP contribution in [0.4, 0.5) is 0 Å². The molecule has 0 saturated heterocycles. The summed E-state index contributed by atoms with van der Waals surface area (Å²) in [6, 6.07) is 3.88. The largest absolute Gasteiger partial charge is 0.459 e. The molecule has 0 radical (unpaired) electrons. The highest BCUT2D eigenvalue weighted by molar-refractivity contribution is 5.79. The minimum atomic E-state index is 0.0578. The summed E-state index contributed by atoms with van der Waals surface area (Å²) in [5.41, 5.74) is 0.665. The van der Waals surface area contributed by atoms with Crippen molar-refractivity contribution in [3.63, 3.8) is 0 Å². The van der Waals surface area contributed by atoms with Crippen molar-refractivity contribution >= 4 is 5.91 Å². The maximum absolute atomic E-state index is 12.5. The van der Waals surface area contributed by atoms with E-state index in [4.69, 9.17) is 8.83 Å². The van der Waals surface area contributed by atoms with Crippen molar-refractivity contribution in [3.8, 4) is 11.7 Å². The molecule has 0 saturated carbocycles. The van der Waals surface area contributed by atoms with Crippen molar-refractivity contribution in [2.24, 2.45) is 0 Å². The van der Waals surface area contributed by atoms with E-state index < -0.39 is 0 Å². The molecule has 5 heteroatoms. The Balaban J connectivity index is 2.18. The maximum Gasteiger partial charge on any atom is 0.263 e. The third kappa shape index (κ3) is 3.35. The molecule has 5 nitrogen and oxygen atoms in total. The first-order chi connectivity index (χ1) is 9.90. The van der Waals surface area contributed by atoms with Gasteiger partial charge in [-0.15, -0.1) is 0 Å². The fraction of sp³-hybridized carbons (Fsp3) is 0.500. The fourth-order valence-corrected chi connectivity index (χ4v) is 2.50. The lowest BCUT2D eigenvalue weighted by atomic mass is 10.1. The second-order valence-electron chi connectivity index (χ2n) is 5.66. The highest BCUT2D eigenvalue weighted by Gasteiger charge is 2.23. The summed E-state index contributed by atoms with van der Waals surface area (Å²) in [6.45, 7) is 9.88. The lowest BCUT2D eigenvalue weighted by Gasteiger charge is -2.30. The number of aromatic nitrogens is 1. The van der Waals surface area contributed by atoms with E-state index in [-0.39, 0.29) is 24.4 Å². The van der Waals surface area contributed by atoms with E-state index >= 15 is 0 Å². The molecular weight excluding hydrogens is 268 g/mol. The van der Waals surface area contributed by atoms with Gasteiger partial charge < -0.3 is 13.7 Å². The molecule has 2 aromatic heterocycles. The Morgan fingerprint density at radius 2 is 1.95 bits per heavy atom. The molecule has 0 aliphatic heterocycles. The van der Waals surface area contributed by atoms with Gasteiger partial charge in [0.05, 0.1) is 18.4 Å². The summed E-state index contributed by atoms with van der Waals surface area (Å²) >= 11 is 0. The second-order valence-corrected chi connectivity index (χ2v) is 5.66. The minimum Gasteiger partial charge on any atom is -0.459 e. The zero-order valence-electron chi connectivity index (χ0n) is 13.2. The van der Waals surface area contributed by atoms with E-state index in [2.05, 4.69) is 4.98 Å². The third-order valence-corrected chi connectivity index (χ3v) is 3.34. The van der Waals surface area contributed by atoms with Crippen molar-refractivity contribution in [2.45, 2.75) is 53.1 Å². The molecule has 0 unspecified atom stereocenters. The predicted octanol–water partition coefficient (Wildman–Crippen LogP) is 3.43. The number of oxazole rings is 1. The minimum absolute atomic E-state index is 0.0578. The van der Waals surface area contributed by atoms with Gasteiger partial charge in [-0.05, 0) is 46.8 Å². The van der Waals surface area contributed by atoms with Gasteiger partial charge in [0, 0.05) is 12.1 Å². The lowest BCUT2D eigenvalue weighted by molar-refractivity contribution is -0.134. The molecule has 0 spiro atoms. The summed E-state index contributed by atoms with van der Waals surface area (Å²) in [5, 5.41) is 0. The molecule has 0 aliphatic rings. The summed E-state index contributed by atoms with van der Waals surface area (Å²) in [7, 11) is 0. The monoisotopic (exact) mass is 290 g/mol. The van der Waals surface area contributed by atoms with Crippen LogP contribution < -0.4 is 0 Å². The highest BCUT2D eigenvalue weighted by Crippen LogP contribution is 2.23. The molecule has 0 atom stereocenters. The van der Waals surface area contributed by atoms with Crippen molar-refractivity contribution in [3.05, 3.63) is 29.9 Å². The maximum atomic E-state index is 12.5. The van der Waals surface area contributed by atoms with Crippen LogP contribution in [0.1, 0.15) is 39.1 Å². The molecule has 0 aliphatic carbocycles. The van der Waals surface area contributed by atoms with Crippen LogP contribution in [-0.2, 0) is 11.2 Å². The van der Waals surface area contributed by atoms with Crippen LogP contribution in [0, 0.1) is 6.92 Å². The van der Waals surface area contributed by atoms with Gasteiger partial charge in [0.2, 0.25) is 5.91 Å². The Hall–Kier alpha value is -2.04. The van der Waals surface area contributed by atoms with Crippen LogP contribution >= 0.6 is 0 Å². The van der Waals surface area contributed by atoms with Crippen molar-refractivity contribution in [1.82, 2.24) is 9.88 Å². The Morgan fingerprint density at radius 3 is 2.48 bits per heavy atom. The van der Waals surface area contributed by atoms with E-state index in [0.717, 1.165) is 0 Å². The van der Waals surface area contributed by atoms with Crippen LogP contribution in [0.2, 0.25) is 0 Å². The van der Waals surface area contributed by atoms with E-state index in [1.165, 1.54) is 0 Å². The number of carbonyl (C=O) groups excluding carboxylic acids is 1. The van der Waals surface area contributed by atoms with E-state index in [0.29, 0.717) is 23.1 Å². The van der Waals surface area contributed by atoms with E-state index in [9.17, 15) is 4.79 Å². The Bertz CT molecular complexity index is 589. The summed E-state index contributed by atoms with van der Waals surface area (Å²) in [5.74, 6) is 1.70. The molecule has 2 rings (SSSR count). The molecule has 2 heterocycles. The number of carbonyl (C=O) groups is 1. The fourth-order valence-electron chi connectivity index (χ4n) is 2.50. The molecule has 0 N–H and O–H groups in total. The highest BCUT2D eigenvalue weighted by atomic mass is 16.4. The molecular formula is C16H22N2O3. The van der Waals surface area contributed by atoms with Crippen LogP contribution in [0.15, 0.2) is 27.2 Å². The smallest absolute Gasteiger partial charge is 0.263 e. The first-order valence-corrected chi connectivity index (χ1v) is 7.21. The van der Waals surface area contributed by atoms with Gasteiger partial charge in [-0.1, -0.05) is 0 Å². The number of rotatable bonds is 5. The standard InChI is InChI=1S/C16H22N2O3/c1-10(2)18(11(3)4)15(19)9-13-12(5)21-16(17-13)14-7-6-8-20-14/h6-8,10-11H,9H2,1-5H3. The van der Waals surface area contributed by atoms with Gasteiger partial charge in [0.25, 0.3) is 5.89 Å². The zero-order chi connectivity index (χ0) is 15.6. The quantitative estimate of drug-likeness (QED) is 0.846. The number of hydrogen-bond acceptors (Lipinski definition) is 4. The van der Waals surface area contributed by atoms with Gasteiger partial charge in [0.1, 0.15) is 5.76 Å². The van der Waals surface area contributed by atoms with Gasteiger partial charge in [0.15, 0.2) is 5.76 Å².